The molecule has 2 N–H and O–H groups in total. The van der Waals surface area contributed by atoms with Gasteiger partial charge in [-0.15, -0.1) is 0 Å². The van der Waals surface area contributed by atoms with Gasteiger partial charge < -0.3 is 10.3 Å². The van der Waals surface area contributed by atoms with Gasteiger partial charge in [-0.3, -0.25) is 4.79 Å². The van der Waals surface area contributed by atoms with Crippen molar-refractivity contribution in [2.45, 2.75) is 25.2 Å². The predicted octanol–water partition coefficient (Wildman–Crippen LogP) is 4.89. The lowest BCUT2D eigenvalue weighted by atomic mass is 9.70. The van der Waals surface area contributed by atoms with Gasteiger partial charge in [0.15, 0.2) is 0 Å². The fourth-order valence-electron chi connectivity index (χ4n) is 4.55. The van der Waals surface area contributed by atoms with E-state index in [1.165, 1.54) is 24.5 Å². The van der Waals surface area contributed by atoms with Crippen LogP contribution in [0.15, 0.2) is 55.0 Å². The van der Waals surface area contributed by atoms with Crippen LogP contribution in [0.1, 0.15) is 30.0 Å². The number of hydrogen-bond acceptors (Lipinski definition) is 3. The van der Waals surface area contributed by atoms with Gasteiger partial charge in [0.1, 0.15) is 23.8 Å². The maximum absolute atomic E-state index is 14.5. The van der Waals surface area contributed by atoms with Gasteiger partial charge in [0.2, 0.25) is 5.91 Å². The number of hydrogen-bond donors (Lipinski definition) is 2. The lowest BCUT2D eigenvalue weighted by molar-refractivity contribution is -0.120. The number of carbonyl (C=O) groups is 1. The van der Waals surface area contributed by atoms with Crippen LogP contribution < -0.4 is 5.32 Å². The largest absolute Gasteiger partial charge is 0.355 e. The lowest BCUT2D eigenvalue weighted by Gasteiger charge is -2.36. The summed E-state index contributed by atoms with van der Waals surface area (Å²) in [5.41, 5.74) is 3.11. The Morgan fingerprint density at radius 1 is 1.06 bits per heavy atom. The second-order valence-electron chi connectivity index (χ2n) is 8.45. The van der Waals surface area contributed by atoms with E-state index in [9.17, 15) is 18.0 Å². The molecule has 4 aromatic rings. The van der Waals surface area contributed by atoms with Gasteiger partial charge in [-0.2, -0.15) is 0 Å². The highest BCUT2D eigenvalue weighted by Crippen LogP contribution is 2.48. The third-order valence-corrected chi connectivity index (χ3v) is 6.21. The van der Waals surface area contributed by atoms with Crippen LogP contribution >= 0.6 is 0 Å². The summed E-state index contributed by atoms with van der Waals surface area (Å²) >= 11 is 0. The number of aromatic nitrogens is 3. The van der Waals surface area contributed by atoms with E-state index in [-0.39, 0.29) is 35.5 Å². The lowest BCUT2D eigenvalue weighted by Crippen LogP contribution is -2.36. The van der Waals surface area contributed by atoms with Crippen LogP contribution in [-0.2, 0) is 11.2 Å². The Bertz CT molecular complexity index is 1300. The number of amides is 1. The number of carbonyl (C=O) groups excluding carboxylic acids is 1. The molecule has 5 nitrogen and oxygen atoms in total. The molecule has 2 heterocycles. The maximum Gasteiger partial charge on any atom is 0.226 e. The molecule has 0 radical (unpaired) electrons. The van der Waals surface area contributed by atoms with Crippen molar-refractivity contribution in [3.63, 3.8) is 0 Å². The van der Waals surface area contributed by atoms with Crippen molar-refractivity contribution in [3.05, 3.63) is 83.7 Å². The molecule has 0 spiro atoms. The highest BCUT2D eigenvalue weighted by molar-refractivity contribution is 5.92. The first kappa shape index (κ1) is 21.2. The molecule has 0 unspecified atom stereocenters. The molecule has 0 bridgehead atoms. The number of benzene rings is 2. The first-order chi connectivity index (χ1) is 16.0. The van der Waals surface area contributed by atoms with Crippen molar-refractivity contribution in [2.75, 3.05) is 6.54 Å². The standard InChI is InChI=1S/C25H21F3N4O/c26-17-3-1-15(2-4-17)24-23(20-9-18(27)10-21(28)25(20)32-24)16-7-14(8-16)12-30-22(33)11-19-5-6-29-13-31-19/h1-6,9-10,13-14,16,32H,7-8,11-12H2,(H,30,33). The summed E-state index contributed by atoms with van der Waals surface area (Å²) < 4.78 is 42.0. The van der Waals surface area contributed by atoms with Crippen LogP contribution in [0.4, 0.5) is 13.2 Å². The number of H-pyrrole nitrogens is 1. The van der Waals surface area contributed by atoms with Crippen molar-refractivity contribution < 1.29 is 18.0 Å². The summed E-state index contributed by atoms with van der Waals surface area (Å²) in [4.78, 5) is 23.2. The average molecular weight is 450 g/mol. The van der Waals surface area contributed by atoms with E-state index in [1.807, 2.05) is 0 Å². The Labute approximate surface area is 188 Å². The number of aromatic amines is 1. The minimum Gasteiger partial charge on any atom is -0.355 e. The van der Waals surface area contributed by atoms with E-state index < -0.39 is 11.6 Å². The van der Waals surface area contributed by atoms with Crippen molar-refractivity contribution >= 4 is 16.8 Å². The average Bonchev–Trinajstić information content (AvgIpc) is 3.13. The van der Waals surface area contributed by atoms with Gasteiger partial charge in [0, 0.05) is 24.2 Å². The fraction of sp³-hybridized carbons (Fsp3) is 0.240. The molecule has 0 atom stereocenters. The van der Waals surface area contributed by atoms with Crippen molar-refractivity contribution in [1.29, 1.82) is 0 Å². The van der Waals surface area contributed by atoms with Gasteiger partial charge >= 0.3 is 0 Å². The molecule has 5 rings (SSSR count). The first-order valence-corrected chi connectivity index (χ1v) is 10.8. The molecule has 1 aliphatic rings. The van der Waals surface area contributed by atoms with Gasteiger partial charge in [0.25, 0.3) is 0 Å². The van der Waals surface area contributed by atoms with Crippen LogP contribution in [-0.4, -0.2) is 27.4 Å². The normalized spacial score (nSPS) is 17.7. The van der Waals surface area contributed by atoms with E-state index in [0.717, 1.165) is 24.5 Å². The van der Waals surface area contributed by atoms with Crippen LogP contribution in [0.2, 0.25) is 0 Å². The van der Waals surface area contributed by atoms with Crippen LogP contribution in [0, 0.1) is 23.4 Å². The molecule has 2 aromatic heterocycles. The van der Waals surface area contributed by atoms with E-state index in [2.05, 4.69) is 20.3 Å². The molecule has 0 saturated heterocycles. The molecular formula is C25H21F3N4O. The third-order valence-electron chi connectivity index (χ3n) is 6.21. The van der Waals surface area contributed by atoms with E-state index >= 15 is 0 Å². The molecule has 1 saturated carbocycles. The molecule has 8 heteroatoms. The zero-order chi connectivity index (χ0) is 22.9. The Kier molecular flexibility index (Phi) is 5.58. The van der Waals surface area contributed by atoms with Crippen LogP contribution in [0.25, 0.3) is 22.2 Å². The summed E-state index contributed by atoms with van der Waals surface area (Å²) in [7, 11) is 0. The molecule has 1 fully saturated rings. The first-order valence-electron chi connectivity index (χ1n) is 10.8. The molecule has 2 aromatic carbocycles. The summed E-state index contributed by atoms with van der Waals surface area (Å²) in [6, 6.07) is 9.84. The molecule has 168 valence electrons. The molecule has 1 aliphatic carbocycles. The predicted molar refractivity (Wildman–Crippen MR) is 118 cm³/mol. The second kappa shape index (κ2) is 8.69. The summed E-state index contributed by atoms with van der Waals surface area (Å²) in [5.74, 6) is -1.45. The van der Waals surface area contributed by atoms with Gasteiger partial charge in [-0.1, -0.05) is 0 Å². The fourth-order valence-corrected chi connectivity index (χ4v) is 4.55. The monoisotopic (exact) mass is 450 g/mol. The van der Waals surface area contributed by atoms with E-state index in [0.29, 0.717) is 28.9 Å². The quantitative estimate of drug-likeness (QED) is 0.439. The highest BCUT2D eigenvalue weighted by Gasteiger charge is 2.34. The number of nitrogens with one attached hydrogen (secondary N) is 2. The Hall–Kier alpha value is -3.68. The number of rotatable bonds is 6. The van der Waals surface area contributed by atoms with Crippen LogP contribution in [0.5, 0.6) is 0 Å². The van der Waals surface area contributed by atoms with Gasteiger partial charge in [-0.25, -0.2) is 23.1 Å². The number of halogens is 3. The van der Waals surface area contributed by atoms with E-state index in [4.69, 9.17) is 0 Å². The molecule has 1 amide bonds. The summed E-state index contributed by atoms with van der Waals surface area (Å²) in [6.07, 6.45) is 4.73. The third kappa shape index (κ3) is 4.33. The maximum atomic E-state index is 14.5. The Morgan fingerprint density at radius 3 is 2.58 bits per heavy atom. The van der Waals surface area contributed by atoms with E-state index in [1.54, 1.807) is 24.4 Å². The number of fused-ring (bicyclic) bond motifs is 1. The van der Waals surface area contributed by atoms with Crippen molar-refractivity contribution in [1.82, 2.24) is 20.3 Å². The number of nitrogens with zero attached hydrogens (tertiary/aromatic N) is 2. The van der Waals surface area contributed by atoms with Crippen molar-refractivity contribution in [2.24, 2.45) is 5.92 Å². The summed E-state index contributed by atoms with van der Waals surface area (Å²) in [5, 5.41) is 3.44. The smallest absolute Gasteiger partial charge is 0.226 e. The molecular weight excluding hydrogens is 429 g/mol. The Morgan fingerprint density at radius 2 is 1.85 bits per heavy atom. The van der Waals surface area contributed by atoms with Gasteiger partial charge in [-0.05, 0) is 72.2 Å². The zero-order valence-electron chi connectivity index (χ0n) is 17.6. The SMILES string of the molecule is O=C(Cc1ccncn1)NCC1CC(c2c(-c3ccc(F)cc3)[nH]c3c(F)cc(F)cc23)C1. The van der Waals surface area contributed by atoms with Gasteiger partial charge in [0.05, 0.1) is 23.3 Å². The van der Waals surface area contributed by atoms with Crippen molar-refractivity contribution in [3.8, 4) is 11.3 Å². The minimum absolute atomic E-state index is 0.0729. The molecule has 0 aliphatic heterocycles. The van der Waals surface area contributed by atoms with Crippen LogP contribution in [0.3, 0.4) is 0 Å². The second-order valence-corrected chi connectivity index (χ2v) is 8.45. The molecule has 33 heavy (non-hydrogen) atoms. The zero-order valence-corrected chi connectivity index (χ0v) is 17.6. The topological polar surface area (TPSA) is 70.7 Å². The minimum atomic E-state index is -0.660. The highest BCUT2D eigenvalue weighted by atomic mass is 19.1. The Balaban J connectivity index is 1.33. The summed E-state index contributed by atoms with van der Waals surface area (Å²) in [6.45, 7) is 0.525.